The standard InChI is InChI=1S/C37H69N3O7/c1-23(2)40-17-15-27(16-18-40)20-29-36(8,9)47-34(43)35(6,7)31(42)26(5)32(37(10,44-14)21-24(3)22-39(29)13)46-33-30(41)28(38(11)12)19-25(4)45-33/h23-30,32-33,41H,15-22H2,1-14H3/t24-,25-,26+,28+,29-,30-,32-,33+,37-/m1/s1. The van der Waals surface area contributed by atoms with Crippen LogP contribution in [-0.4, -0.2) is 133 Å². The second kappa shape index (κ2) is 15.8. The lowest BCUT2D eigenvalue weighted by molar-refractivity contribution is -0.295. The van der Waals surface area contributed by atoms with Crippen LogP contribution in [0.1, 0.15) is 101 Å². The first-order valence-corrected chi connectivity index (χ1v) is 18.1. The summed E-state index contributed by atoms with van der Waals surface area (Å²) in [5.41, 5.74) is -3.19. The van der Waals surface area contributed by atoms with Crippen molar-refractivity contribution in [1.82, 2.24) is 14.7 Å². The summed E-state index contributed by atoms with van der Waals surface area (Å²) in [6, 6.07) is 0.330. The number of piperidine rings is 1. The number of hydrogen-bond donors (Lipinski definition) is 1. The Morgan fingerprint density at radius 3 is 2.17 bits per heavy atom. The lowest BCUT2D eigenvalue weighted by Gasteiger charge is -2.47. The number of likely N-dealkylation sites (tertiary alicyclic amines) is 1. The Morgan fingerprint density at radius 2 is 1.64 bits per heavy atom. The fraction of sp³-hybridized carbons (Fsp3) is 0.946. The zero-order valence-corrected chi connectivity index (χ0v) is 32.2. The number of methoxy groups -OCH3 is 1. The van der Waals surface area contributed by atoms with Gasteiger partial charge in [-0.05, 0) is 134 Å². The zero-order chi connectivity index (χ0) is 35.6. The number of ketones is 1. The number of cyclic esters (lactones) is 1. The van der Waals surface area contributed by atoms with Gasteiger partial charge in [0.15, 0.2) is 12.1 Å². The molecule has 9 atom stereocenters. The molecule has 0 spiro atoms. The Kier molecular flexibility index (Phi) is 13.6. The van der Waals surface area contributed by atoms with Crippen molar-refractivity contribution in [1.29, 1.82) is 0 Å². The van der Waals surface area contributed by atoms with Crippen LogP contribution in [-0.2, 0) is 28.5 Å². The van der Waals surface area contributed by atoms with E-state index in [1.54, 1.807) is 27.9 Å². The van der Waals surface area contributed by atoms with Crippen LogP contribution in [0.3, 0.4) is 0 Å². The predicted octanol–water partition coefficient (Wildman–Crippen LogP) is 4.61. The highest BCUT2D eigenvalue weighted by Gasteiger charge is 2.53. The lowest BCUT2D eigenvalue weighted by atomic mass is 9.74. The number of rotatable bonds is 7. The van der Waals surface area contributed by atoms with Crippen LogP contribution in [0.2, 0.25) is 0 Å². The van der Waals surface area contributed by atoms with Gasteiger partial charge in [-0.2, -0.15) is 0 Å². The molecule has 0 aromatic rings. The van der Waals surface area contributed by atoms with Gasteiger partial charge >= 0.3 is 5.97 Å². The van der Waals surface area contributed by atoms with Crippen molar-refractivity contribution in [2.24, 2.45) is 23.2 Å². The molecular weight excluding hydrogens is 598 g/mol. The van der Waals surface area contributed by atoms with Crippen molar-refractivity contribution in [2.45, 2.75) is 155 Å². The number of aliphatic hydroxyl groups excluding tert-OH is 1. The first-order valence-electron chi connectivity index (χ1n) is 18.1. The Hall–Kier alpha value is -1.14. The van der Waals surface area contributed by atoms with Gasteiger partial charge < -0.3 is 33.9 Å². The summed E-state index contributed by atoms with van der Waals surface area (Å²) in [6.07, 6.45) is 1.56. The molecule has 3 rings (SSSR count). The van der Waals surface area contributed by atoms with E-state index in [4.69, 9.17) is 18.9 Å². The topological polar surface area (TPSA) is 101 Å². The molecule has 3 fully saturated rings. The van der Waals surface area contributed by atoms with E-state index in [0.29, 0.717) is 24.8 Å². The van der Waals surface area contributed by atoms with Crippen molar-refractivity contribution in [3.05, 3.63) is 0 Å². The average molecular weight is 668 g/mol. The number of carbonyl (C=O) groups is 2. The molecule has 3 heterocycles. The summed E-state index contributed by atoms with van der Waals surface area (Å²) < 4.78 is 25.5. The summed E-state index contributed by atoms with van der Waals surface area (Å²) >= 11 is 0. The number of likely N-dealkylation sites (N-methyl/N-ethyl adjacent to an activating group) is 2. The molecule has 1 N–H and O–H groups in total. The Labute approximate surface area is 286 Å². The molecule has 10 heteroatoms. The fourth-order valence-electron chi connectivity index (χ4n) is 8.54. The third-order valence-corrected chi connectivity index (χ3v) is 11.6. The van der Waals surface area contributed by atoms with Gasteiger partial charge in [0.2, 0.25) is 0 Å². The number of hydrogen-bond acceptors (Lipinski definition) is 10. The third kappa shape index (κ3) is 9.35. The molecule has 0 aromatic heterocycles. The minimum atomic E-state index is -1.44. The summed E-state index contributed by atoms with van der Waals surface area (Å²) in [7, 11) is 7.65. The van der Waals surface area contributed by atoms with Crippen LogP contribution in [0, 0.1) is 23.2 Å². The van der Waals surface area contributed by atoms with Crippen LogP contribution in [0.15, 0.2) is 0 Å². The number of nitrogens with zero attached hydrogens (tertiary/aromatic N) is 3. The molecule has 0 radical (unpaired) electrons. The van der Waals surface area contributed by atoms with E-state index in [2.05, 4.69) is 37.6 Å². The smallest absolute Gasteiger partial charge is 0.319 e. The van der Waals surface area contributed by atoms with Gasteiger partial charge in [0.05, 0.1) is 17.8 Å². The molecule has 0 saturated carbocycles. The van der Waals surface area contributed by atoms with Gasteiger partial charge in [-0.15, -0.1) is 0 Å². The summed E-state index contributed by atoms with van der Waals surface area (Å²) in [5.74, 6) is -0.910. The van der Waals surface area contributed by atoms with Crippen LogP contribution < -0.4 is 0 Å². The maximum atomic E-state index is 14.4. The summed E-state index contributed by atoms with van der Waals surface area (Å²) in [6.45, 7) is 22.7. The van der Waals surface area contributed by atoms with Gasteiger partial charge in [0, 0.05) is 37.7 Å². The minimum Gasteiger partial charge on any atom is -0.457 e. The van der Waals surface area contributed by atoms with Crippen LogP contribution in [0.4, 0.5) is 0 Å². The van der Waals surface area contributed by atoms with E-state index in [0.717, 1.165) is 38.9 Å². The molecule has 10 nitrogen and oxygen atoms in total. The maximum Gasteiger partial charge on any atom is 0.319 e. The van der Waals surface area contributed by atoms with E-state index in [-0.39, 0.29) is 29.9 Å². The monoisotopic (exact) mass is 668 g/mol. The summed E-state index contributed by atoms with van der Waals surface area (Å²) in [5, 5.41) is 11.4. The first-order chi connectivity index (χ1) is 21.6. The molecule has 274 valence electrons. The predicted molar refractivity (Wildman–Crippen MR) is 185 cm³/mol. The van der Waals surface area contributed by atoms with E-state index in [1.165, 1.54) is 0 Å². The van der Waals surface area contributed by atoms with Crippen molar-refractivity contribution in [3.8, 4) is 0 Å². The largest absolute Gasteiger partial charge is 0.457 e. The van der Waals surface area contributed by atoms with Crippen LogP contribution in [0.25, 0.3) is 0 Å². The zero-order valence-electron chi connectivity index (χ0n) is 32.2. The molecule has 0 amide bonds. The quantitative estimate of drug-likeness (QED) is 0.306. The molecule has 47 heavy (non-hydrogen) atoms. The summed E-state index contributed by atoms with van der Waals surface area (Å²) in [4.78, 5) is 35.4. The average Bonchev–Trinajstić information content (AvgIpc) is 2.98. The highest BCUT2D eigenvalue weighted by atomic mass is 16.7. The second-order valence-corrected chi connectivity index (χ2v) is 17.0. The van der Waals surface area contributed by atoms with Gasteiger partial charge in [-0.25, -0.2) is 0 Å². The molecular formula is C37H69N3O7. The molecule has 0 aliphatic carbocycles. The number of ether oxygens (including phenoxy) is 4. The van der Waals surface area contributed by atoms with E-state index in [9.17, 15) is 14.7 Å². The van der Waals surface area contributed by atoms with Crippen LogP contribution in [0.5, 0.6) is 0 Å². The van der Waals surface area contributed by atoms with Gasteiger partial charge in [0.1, 0.15) is 17.1 Å². The third-order valence-electron chi connectivity index (χ3n) is 11.6. The number of aliphatic hydroxyl groups is 1. The Morgan fingerprint density at radius 1 is 1.04 bits per heavy atom. The molecule has 0 bridgehead atoms. The minimum absolute atomic E-state index is 0.0373. The fourth-order valence-corrected chi connectivity index (χ4v) is 8.54. The van der Waals surface area contributed by atoms with Crippen molar-refractivity contribution in [2.75, 3.05) is 47.9 Å². The molecule has 0 unspecified atom stereocenters. The SMILES string of the molecule is CO[C@]1(C)C[C@@H](C)CN(C)[C@H](CC2CCN(C(C)C)CC2)C(C)(C)OC(=O)C(C)(C)C(=O)[C@H](C)[C@H]1O[C@@H]1O[C@H](C)C[C@H](N(C)C)[C@H]1O. The van der Waals surface area contributed by atoms with E-state index >= 15 is 0 Å². The highest BCUT2D eigenvalue weighted by Crippen LogP contribution is 2.40. The molecule has 3 saturated heterocycles. The van der Waals surface area contributed by atoms with Crippen LogP contribution >= 0.6 is 0 Å². The van der Waals surface area contributed by atoms with Gasteiger partial charge in [-0.1, -0.05) is 13.8 Å². The normalized spacial score (nSPS) is 38.9. The second-order valence-electron chi connectivity index (χ2n) is 17.0. The van der Waals surface area contributed by atoms with E-state index in [1.807, 2.05) is 46.7 Å². The Balaban J connectivity index is 2.00. The number of esters is 1. The van der Waals surface area contributed by atoms with Crippen molar-refractivity contribution >= 4 is 11.8 Å². The highest BCUT2D eigenvalue weighted by molar-refractivity contribution is 6.04. The Bertz CT molecular complexity index is 1040. The number of Topliss-reactive ketones (excluding diaryl/α,β-unsaturated/α-hetero) is 1. The van der Waals surface area contributed by atoms with Crippen molar-refractivity contribution in [3.63, 3.8) is 0 Å². The van der Waals surface area contributed by atoms with Gasteiger partial charge in [0.25, 0.3) is 0 Å². The lowest BCUT2D eigenvalue weighted by Crippen LogP contribution is -2.59. The maximum absolute atomic E-state index is 14.4. The molecule has 3 aliphatic heterocycles. The van der Waals surface area contributed by atoms with Gasteiger partial charge in [-0.3, -0.25) is 14.5 Å². The first kappa shape index (κ1) is 40.3. The van der Waals surface area contributed by atoms with Crippen molar-refractivity contribution < 1.29 is 33.6 Å². The number of carbonyl (C=O) groups excluding carboxylic acids is 2. The molecule has 0 aromatic carbocycles. The van der Waals surface area contributed by atoms with E-state index < -0.39 is 47.0 Å². The molecule has 3 aliphatic rings.